The highest BCUT2D eigenvalue weighted by molar-refractivity contribution is 5.28. The third-order valence-electron chi connectivity index (χ3n) is 4.08. The second-order valence-corrected chi connectivity index (χ2v) is 5.87. The molecule has 2 heterocycles. The van der Waals surface area contributed by atoms with Crippen LogP contribution >= 0.6 is 0 Å². The number of nitriles is 1. The molecule has 0 spiro atoms. The molecule has 0 unspecified atom stereocenters. The van der Waals surface area contributed by atoms with Gasteiger partial charge >= 0.3 is 5.69 Å². The fourth-order valence-electron chi connectivity index (χ4n) is 2.61. The van der Waals surface area contributed by atoms with Crippen LogP contribution in [0.1, 0.15) is 23.7 Å². The lowest BCUT2D eigenvalue weighted by Crippen LogP contribution is -2.40. The van der Waals surface area contributed by atoms with Gasteiger partial charge in [0.25, 0.3) is 5.56 Å². The Morgan fingerprint density at radius 2 is 1.93 bits per heavy atom. The van der Waals surface area contributed by atoms with Gasteiger partial charge in [-0.2, -0.15) is 5.26 Å². The molecule has 0 atom stereocenters. The molecule has 0 aliphatic heterocycles. The zero-order valence-corrected chi connectivity index (χ0v) is 14.8. The quantitative estimate of drug-likeness (QED) is 0.668. The first-order valence-electron chi connectivity index (χ1n) is 8.48. The van der Waals surface area contributed by atoms with E-state index in [2.05, 4.69) is 4.98 Å². The van der Waals surface area contributed by atoms with Crippen molar-refractivity contribution in [2.75, 3.05) is 0 Å². The molecule has 0 N–H and O–H groups in total. The molecule has 0 saturated carbocycles. The molecule has 3 rings (SSSR count). The number of aryl methyl sites for hydroxylation is 1. The smallest absolute Gasteiger partial charge is 0.331 e. The van der Waals surface area contributed by atoms with Gasteiger partial charge in [0.2, 0.25) is 0 Å². The van der Waals surface area contributed by atoms with E-state index < -0.39 is 11.2 Å². The van der Waals surface area contributed by atoms with E-state index in [9.17, 15) is 9.59 Å². The second kappa shape index (κ2) is 8.15. The topological polar surface area (TPSA) is 89.9 Å². The van der Waals surface area contributed by atoms with Crippen molar-refractivity contribution in [1.82, 2.24) is 14.1 Å². The van der Waals surface area contributed by atoms with Gasteiger partial charge in [0.15, 0.2) is 0 Å². The Bertz CT molecular complexity index is 1080. The minimum absolute atomic E-state index is 0.0493. The number of hydrogen-bond donors (Lipinski definition) is 0. The van der Waals surface area contributed by atoms with Gasteiger partial charge in [0.1, 0.15) is 24.0 Å². The minimum atomic E-state index is -0.581. The highest BCUT2D eigenvalue weighted by Gasteiger charge is 2.11. The first kappa shape index (κ1) is 18.1. The van der Waals surface area contributed by atoms with Gasteiger partial charge in [-0.05, 0) is 36.8 Å². The lowest BCUT2D eigenvalue weighted by molar-refractivity contribution is 0.301. The Kier molecular flexibility index (Phi) is 5.47. The summed E-state index contributed by atoms with van der Waals surface area (Å²) < 4.78 is 8.10. The largest absolute Gasteiger partial charge is 0.487 e. The molecule has 27 heavy (non-hydrogen) atoms. The van der Waals surface area contributed by atoms with Crippen LogP contribution in [-0.2, 0) is 19.7 Å². The Labute approximate surface area is 155 Å². The molecule has 0 saturated heterocycles. The number of pyridine rings is 1. The van der Waals surface area contributed by atoms with E-state index in [1.807, 2.05) is 24.3 Å². The summed E-state index contributed by atoms with van der Waals surface area (Å²) in [6.07, 6.45) is 3.01. The summed E-state index contributed by atoms with van der Waals surface area (Å²) in [6, 6.07) is 14.6. The molecule has 0 radical (unpaired) electrons. The fourth-order valence-corrected chi connectivity index (χ4v) is 2.61. The summed E-state index contributed by atoms with van der Waals surface area (Å²) >= 11 is 0. The van der Waals surface area contributed by atoms with Crippen LogP contribution in [0.4, 0.5) is 0 Å². The first-order valence-corrected chi connectivity index (χ1v) is 8.48. The second-order valence-electron chi connectivity index (χ2n) is 5.87. The van der Waals surface area contributed by atoms with Crippen LogP contribution in [0.3, 0.4) is 0 Å². The third kappa shape index (κ3) is 4.12. The predicted octanol–water partition coefficient (Wildman–Crippen LogP) is 1.92. The molecule has 0 amide bonds. The van der Waals surface area contributed by atoms with Crippen LogP contribution in [0, 0.1) is 11.3 Å². The van der Waals surface area contributed by atoms with Gasteiger partial charge in [-0.3, -0.25) is 18.9 Å². The molecule has 136 valence electrons. The molecule has 7 nitrogen and oxygen atoms in total. The normalized spacial score (nSPS) is 10.4. The fraction of sp³-hybridized carbons (Fsp3) is 0.200. The molecule has 0 fully saturated rings. The molecular weight excluding hydrogens is 344 g/mol. The van der Waals surface area contributed by atoms with Gasteiger partial charge in [-0.15, -0.1) is 0 Å². The molecule has 0 bridgehead atoms. The number of nitrogens with zero attached hydrogens (tertiary/aromatic N) is 4. The van der Waals surface area contributed by atoms with Crippen LogP contribution in [0.15, 0.2) is 64.4 Å². The highest BCUT2D eigenvalue weighted by Crippen LogP contribution is 2.14. The van der Waals surface area contributed by atoms with Gasteiger partial charge in [-0.1, -0.05) is 18.2 Å². The van der Waals surface area contributed by atoms with Gasteiger partial charge in [0, 0.05) is 18.9 Å². The number of rotatable bonds is 6. The maximum Gasteiger partial charge on any atom is 0.331 e. The van der Waals surface area contributed by atoms with Crippen LogP contribution in [0.5, 0.6) is 5.75 Å². The molecule has 1 aromatic carbocycles. The lowest BCUT2D eigenvalue weighted by atomic mass is 10.2. The van der Waals surface area contributed by atoms with Crippen molar-refractivity contribution in [2.45, 2.75) is 26.6 Å². The molecule has 0 aliphatic rings. The highest BCUT2D eigenvalue weighted by atomic mass is 16.5. The standard InChI is InChI=1S/C20H18N4O3/c1-2-23-13-16(11-21)19(25)24(20(23)26)12-15-6-8-18(9-7-15)27-14-17-5-3-4-10-22-17/h3-10,13H,2,12,14H2,1H3. The molecule has 3 aromatic rings. The number of aromatic nitrogens is 3. The summed E-state index contributed by atoms with van der Waals surface area (Å²) in [4.78, 5) is 28.9. The molecule has 7 heteroatoms. The SMILES string of the molecule is CCn1cc(C#N)c(=O)n(Cc2ccc(OCc3ccccn3)cc2)c1=O. The number of hydrogen-bond acceptors (Lipinski definition) is 5. The summed E-state index contributed by atoms with van der Waals surface area (Å²) in [7, 11) is 0. The van der Waals surface area contributed by atoms with Crippen molar-refractivity contribution in [3.8, 4) is 11.8 Å². The molecular formula is C20H18N4O3. The summed E-state index contributed by atoms with van der Waals surface area (Å²) in [5.74, 6) is 0.661. The maximum absolute atomic E-state index is 12.4. The summed E-state index contributed by atoms with van der Waals surface area (Å²) in [5, 5.41) is 9.11. The van der Waals surface area contributed by atoms with Crippen molar-refractivity contribution in [3.63, 3.8) is 0 Å². The maximum atomic E-state index is 12.4. The first-order chi connectivity index (χ1) is 13.1. The van der Waals surface area contributed by atoms with E-state index >= 15 is 0 Å². The average Bonchev–Trinajstić information content (AvgIpc) is 2.71. The van der Waals surface area contributed by atoms with Gasteiger partial charge < -0.3 is 4.74 Å². The summed E-state index contributed by atoms with van der Waals surface area (Å²) in [5.41, 5.74) is 0.519. The predicted molar refractivity (Wildman–Crippen MR) is 99.5 cm³/mol. The van der Waals surface area contributed by atoms with E-state index in [0.29, 0.717) is 18.9 Å². The minimum Gasteiger partial charge on any atom is -0.487 e. The van der Waals surface area contributed by atoms with Gasteiger partial charge in [0.05, 0.1) is 12.2 Å². The molecule has 0 aliphatic carbocycles. The Hall–Kier alpha value is -3.66. The number of benzene rings is 1. The van der Waals surface area contributed by atoms with Crippen molar-refractivity contribution in [2.24, 2.45) is 0 Å². The lowest BCUT2D eigenvalue weighted by Gasteiger charge is -2.10. The Balaban J connectivity index is 1.78. The van der Waals surface area contributed by atoms with E-state index in [1.165, 1.54) is 10.8 Å². The van der Waals surface area contributed by atoms with E-state index in [1.54, 1.807) is 37.4 Å². The van der Waals surface area contributed by atoms with E-state index in [0.717, 1.165) is 15.8 Å². The average molecular weight is 362 g/mol. The van der Waals surface area contributed by atoms with Crippen molar-refractivity contribution >= 4 is 0 Å². The van der Waals surface area contributed by atoms with Crippen molar-refractivity contribution in [3.05, 3.63) is 92.5 Å². The van der Waals surface area contributed by atoms with Crippen molar-refractivity contribution < 1.29 is 4.74 Å². The van der Waals surface area contributed by atoms with Crippen LogP contribution in [0.2, 0.25) is 0 Å². The van der Waals surface area contributed by atoms with Crippen LogP contribution in [0.25, 0.3) is 0 Å². The van der Waals surface area contributed by atoms with Crippen molar-refractivity contribution in [1.29, 1.82) is 5.26 Å². The van der Waals surface area contributed by atoms with E-state index in [-0.39, 0.29) is 12.1 Å². The van der Waals surface area contributed by atoms with Gasteiger partial charge in [-0.25, -0.2) is 4.79 Å². The van der Waals surface area contributed by atoms with Crippen LogP contribution < -0.4 is 16.0 Å². The zero-order chi connectivity index (χ0) is 19.2. The molecule has 2 aromatic heterocycles. The number of ether oxygens (including phenoxy) is 1. The third-order valence-corrected chi connectivity index (χ3v) is 4.08. The van der Waals surface area contributed by atoms with E-state index in [4.69, 9.17) is 10.00 Å². The Morgan fingerprint density at radius 3 is 2.56 bits per heavy atom. The van der Waals surface area contributed by atoms with Crippen LogP contribution in [-0.4, -0.2) is 14.1 Å². The Morgan fingerprint density at radius 1 is 1.15 bits per heavy atom. The zero-order valence-electron chi connectivity index (χ0n) is 14.8. The monoisotopic (exact) mass is 362 g/mol. The summed E-state index contributed by atoms with van der Waals surface area (Å²) in [6.45, 7) is 2.61.